The van der Waals surface area contributed by atoms with E-state index in [1.54, 1.807) is 12.1 Å². The molecule has 0 radical (unpaired) electrons. The summed E-state index contributed by atoms with van der Waals surface area (Å²) in [5.41, 5.74) is 9.21. The Morgan fingerprint density at radius 3 is 1.71 bits per heavy atom. The minimum absolute atomic E-state index is 0.298. The van der Waals surface area contributed by atoms with E-state index in [1.165, 1.54) is 6.07 Å². The lowest BCUT2D eigenvalue weighted by atomic mass is 10.0. The fourth-order valence-electron chi connectivity index (χ4n) is 6.85. The van der Waals surface area contributed by atoms with Gasteiger partial charge in [-0.2, -0.15) is 5.26 Å². The van der Waals surface area contributed by atoms with Crippen LogP contribution in [0.3, 0.4) is 0 Å². The number of halogens is 1. The first-order chi connectivity index (χ1) is 25.6. The first-order valence-electron chi connectivity index (χ1n) is 16.9. The highest BCUT2D eigenvalue weighted by atomic mass is 19.1. The molecule has 0 aliphatic heterocycles. The third kappa shape index (κ3) is 5.47. The fourth-order valence-corrected chi connectivity index (χ4v) is 6.85. The predicted molar refractivity (Wildman–Crippen MR) is 206 cm³/mol. The molecule has 0 fully saturated rings. The van der Waals surface area contributed by atoms with Crippen LogP contribution in [0.2, 0.25) is 0 Å². The van der Waals surface area contributed by atoms with Gasteiger partial charge >= 0.3 is 0 Å². The molecule has 5 nitrogen and oxygen atoms in total. The Balaban J connectivity index is 1.33. The van der Waals surface area contributed by atoms with Gasteiger partial charge in [0.05, 0.1) is 28.4 Å². The van der Waals surface area contributed by atoms with Crippen molar-refractivity contribution in [2.24, 2.45) is 0 Å². The van der Waals surface area contributed by atoms with E-state index in [-0.39, 0.29) is 5.82 Å². The highest BCUT2D eigenvalue weighted by Crippen LogP contribution is 2.40. The monoisotopic (exact) mass is 669 g/mol. The lowest BCUT2D eigenvalue weighted by molar-refractivity contribution is 0.631. The fraction of sp³-hybridized carbons (Fsp3) is 0. The molecule has 9 aromatic rings. The number of nitriles is 1. The number of aromatic nitrogens is 4. The predicted octanol–water partition coefficient (Wildman–Crippen LogP) is 11.3. The molecule has 2 aromatic heterocycles. The van der Waals surface area contributed by atoms with Crippen molar-refractivity contribution in [1.29, 1.82) is 5.26 Å². The average molecular weight is 670 g/mol. The molecular formula is C46H28FN5. The maximum atomic E-state index is 15.4. The van der Waals surface area contributed by atoms with Crippen molar-refractivity contribution in [3.63, 3.8) is 0 Å². The third-order valence-electron chi connectivity index (χ3n) is 9.38. The first kappa shape index (κ1) is 30.8. The maximum absolute atomic E-state index is 15.4. The molecule has 0 aliphatic rings. The van der Waals surface area contributed by atoms with E-state index in [0.717, 1.165) is 60.9 Å². The summed E-state index contributed by atoms with van der Waals surface area (Å²) >= 11 is 0. The quantitative estimate of drug-likeness (QED) is 0.177. The van der Waals surface area contributed by atoms with Gasteiger partial charge in [0, 0.05) is 33.0 Å². The second-order valence-electron chi connectivity index (χ2n) is 12.5. The van der Waals surface area contributed by atoms with Gasteiger partial charge in [-0.25, -0.2) is 19.3 Å². The van der Waals surface area contributed by atoms with E-state index < -0.39 is 0 Å². The molecule has 0 unspecified atom stereocenters. The molecule has 0 N–H and O–H groups in total. The Kier molecular flexibility index (Phi) is 7.64. The molecule has 0 atom stereocenters. The first-order valence-corrected chi connectivity index (χ1v) is 16.9. The Hall–Kier alpha value is -7.23. The van der Waals surface area contributed by atoms with Gasteiger partial charge in [0.15, 0.2) is 17.5 Å². The van der Waals surface area contributed by atoms with Crippen molar-refractivity contribution in [3.8, 4) is 68.2 Å². The van der Waals surface area contributed by atoms with Crippen LogP contribution in [0.15, 0.2) is 170 Å². The number of para-hydroxylation sites is 1. The minimum Gasteiger partial charge on any atom is -0.308 e. The highest BCUT2D eigenvalue weighted by Gasteiger charge is 2.21. The van der Waals surface area contributed by atoms with Crippen LogP contribution in [-0.2, 0) is 0 Å². The molecule has 0 bridgehead atoms. The summed E-state index contributed by atoms with van der Waals surface area (Å²) in [5.74, 6) is 1.32. The average Bonchev–Trinajstić information content (AvgIpc) is 3.55. The molecule has 7 aromatic carbocycles. The maximum Gasteiger partial charge on any atom is 0.166 e. The zero-order valence-corrected chi connectivity index (χ0v) is 27.8. The molecule has 52 heavy (non-hydrogen) atoms. The van der Waals surface area contributed by atoms with Gasteiger partial charge in [-0.15, -0.1) is 0 Å². The summed E-state index contributed by atoms with van der Waals surface area (Å²) in [4.78, 5) is 15.1. The summed E-state index contributed by atoms with van der Waals surface area (Å²) in [6.45, 7) is 0. The van der Waals surface area contributed by atoms with Crippen LogP contribution in [0.1, 0.15) is 5.56 Å². The van der Waals surface area contributed by atoms with Crippen LogP contribution in [-0.4, -0.2) is 19.5 Å². The van der Waals surface area contributed by atoms with E-state index in [1.807, 2.05) is 121 Å². The van der Waals surface area contributed by atoms with E-state index >= 15 is 4.39 Å². The zero-order chi connectivity index (χ0) is 35.0. The second kappa shape index (κ2) is 12.9. The number of rotatable bonds is 6. The molecule has 9 rings (SSSR count). The van der Waals surface area contributed by atoms with Crippen LogP contribution in [0.5, 0.6) is 0 Å². The number of benzene rings is 7. The molecule has 0 saturated heterocycles. The van der Waals surface area contributed by atoms with E-state index in [2.05, 4.69) is 41.0 Å². The Labute approximate surface area is 299 Å². The normalized spacial score (nSPS) is 11.2. The summed E-state index contributed by atoms with van der Waals surface area (Å²) in [5, 5.41) is 11.5. The molecule has 244 valence electrons. The van der Waals surface area contributed by atoms with Gasteiger partial charge in [0.2, 0.25) is 0 Å². The van der Waals surface area contributed by atoms with Crippen molar-refractivity contribution in [1.82, 2.24) is 19.5 Å². The summed E-state index contributed by atoms with van der Waals surface area (Å²) in [6, 6.07) is 57.2. The number of hydrogen-bond acceptors (Lipinski definition) is 4. The number of nitrogens with zero attached hydrogens (tertiary/aromatic N) is 5. The Bertz CT molecular complexity index is 2740. The van der Waals surface area contributed by atoms with Crippen LogP contribution >= 0.6 is 0 Å². The molecule has 0 saturated carbocycles. The van der Waals surface area contributed by atoms with Crippen molar-refractivity contribution < 1.29 is 4.39 Å². The standard InChI is InChI=1S/C46H28FN5/c47-40-17-9-7-15-36(40)35-23-25-38(46-50-44(32-11-3-1-4-12-32)49-45(51-46)33-13-5-2-6-14-33)43(28-35)52-41-18-10-8-16-37(41)39-27-34(24-26-42(39)52)31-21-19-30(29-48)20-22-31/h1-28H. The third-order valence-corrected chi connectivity index (χ3v) is 9.38. The number of fused-ring (bicyclic) bond motifs is 3. The van der Waals surface area contributed by atoms with Gasteiger partial charge in [0.1, 0.15) is 5.82 Å². The SMILES string of the molecule is N#Cc1ccc(-c2ccc3c(c2)c2ccccc2n3-c2cc(-c3ccccc3F)ccc2-c2nc(-c3ccccc3)nc(-c3ccccc3)n2)cc1. The molecule has 0 spiro atoms. The van der Waals surface area contributed by atoms with Crippen molar-refractivity contribution in [2.45, 2.75) is 0 Å². The van der Waals surface area contributed by atoms with Gasteiger partial charge in [-0.3, -0.25) is 0 Å². The Morgan fingerprint density at radius 1 is 0.442 bits per heavy atom. The summed E-state index contributed by atoms with van der Waals surface area (Å²) < 4.78 is 17.6. The minimum atomic E-state index is -0.298. The van der Waals surface area contributed by atoms with Crippen molar-refractivity contribution in [2.75, 3.05) is 0 Å². The van der Waals surface area contributed by atoms with Gasteiger partial charge < -0.3 is 4.57 Å². The molecular weight excluding hydrogens is 642 g/mol. The number of hydrogen-bond donors (Lipinski definition) is 0. The summed E-state index contributed by atoms with van der Waals surface area (Å²) in [6.07, 6.45) is 0. The topological polar surface area (TPSA) is 67.4 Å². The van der Waals surface area contributed by atoms with Crippen LogP contribution in [0, 0.1) is 17.1 Å². The molecule has 6 heteroatoms. The zero-order valence-electron chi connectivity index (χ0n) is 27.8. The molecule has 0 amide bonds. The lowest BCUT2D eigenvalue weighted by Crippen LogP contribution is -2.04. The molecule has 2 heterocycles. The van der Waals surface area contributed by atoms with Gasteiger partial charge in [-0.05, 0) is 65.2 Å². The van der Waals surface area contributed by atoms with Crippen molar-refractivity contribution in [3.05, 3.63) is 181 Å². The van der Waals surface area contributed by atoms with E-state index in [4.69, 9.17) is 15.0 Å². The van der Waals surface area contributed by atoms with Crippen molar-refractivity contribution >= 4 is 21.8 Å². The lowest BCUT2D eigenvalue weighted by Gasteiger charge is -2.17. The Morgan fingerprint density at radius 2 is 1.02 bits per heavy atom. The second-order valence-corrected chi connectivity index (χ2v) is 12.5. The van der Waals surface area contributed by atoms with Gasteiger partial charge in [0.25, 0.3) is 0 Å². The summed E-state index contributed by atoms with van der Waals surface area (Å²) in [7, 11) is 0. The van der Waals surface area contributed by atoms with E-state index in [0.29, 0.717) is 28.6 Å². The van der Waals surface area contributed by atoms with Crippen LogP contribution in [0.25, 0.3) is 83.9 Å². The largest absolute Gasteiger partial charge is 0.308 e. The van der Waals surface area contributed by atoms with Crippen LogP contribution in [0.4, 0.5) is 4.39 Å². The molecule has 0 aliphatic carbocycles. The van der Waals surface area contributed by atoms with Crippen LogP contribution < -0.4 is 0 Å². The van der Waals surface area contributed by atoms with Gasteiger partial charge in [-0.1, -0.05) is 121 Å². The van der Waals surface area contributed by atoms with E-state index in [9.17, 15) is 5.26 Å². The smallest absolute Gasteiger partial charge is 0.166 e. The highest BCUT2D eigenvalue weighted by molar-refractivity contribution is 6.11.